The fourth-order valence-electron chi connectivity index (χ4n) is 4.55. The van der Waals surface area contributed by atoms with Crippen LogP contribution in [0, 0.1) is 35.5 Å². The molecule has 0 aromatic rings. The first kappa shape index (κ1) is 22.3. The maximum Gasteiger partial charge on any atom is -0.0111 e. The van der Waals surface area contributed by atoms with E-state index in [-0.39, 0.29) is 0 Å². The Balaban J connectivity index is 2.50. The Bertz CT molecular complexity index is 449. The molecule has 0 bridgehead atoms. The zero-order valence-corrected chi connectivity index (χ0v) is 18.0. The molecule has 0 saturated heterocycles. The van der Waals surface area contributed by atoms with Crippen molar-refractivity contribution in [3.63, 3.8) is 0 Å². The van der Waals surface area contributed by atoms with Crippen molar-refractivity contribution in [3.05, 3.63) is 36.5 Å². The van der Waals surface area contributed by atoms with Crippen molar-refractivity contribution in [3.8, 4) is 0 Å². The first-order valence-corrected chi connectivity index (χ1v) is 10.6. The number of hydrogen-bond donors (Lipinski definition) is 0. The summed E-state index contributed by atoms with van der Waals surface area (Å²) in [7, 11) is 0. The number of hydrogen-bond acceptors (Lipinski definition) is 0. The predicted octanol–water partition coefficient (Wildman–Crippen LogP) is 8.22. The quantitative estimate of drug-likeness (QED) is 0.331. The number of rotatable bonds is 11. The van der Waals surface area contributed by atoms with Crippen LogP contribution < -0.4 is 0 Å². The van der Waals surface area contributed by atoms with Crippen LogP contribution in [0.1, 0.15) is 86.5 Å². The second-order valence-electron chi connectivity index (χ2n) is 9.76. The predicted molar refractivity (Wildman–Crippen MR) is 115 cm³/mol. The average molecular weight is 345 g/mol. The molecule has 144 valence electrons. The minimum atomic E-state index is 0.641. The summed E-state index contributed by atoms with van der Waals surface area (Å²) in [6.07, 6.45) is 8.66. The summed E-state index contributed by atoms with van der Waals surface area (Å²) in [6.45, 7) is 27.1. The van der Waals surface area contributed by atoms with Gasteiger partial charge in [-0.3, -0.25) is 0 Å². The van der Waals surface area contributed by atoms with Gasteiger partial charge in [-0.05, 0) is 80.5 Å². The standard InChI is InChI=1S/C25H44/c1-17(2)10-11-20(7)14-21(8)24(18(3)4)13-12-23-15-22(9)25(16-23)19(5)6/h17-19,23-25H,7-16H2,1-6H3/t23?,24?,25-/m0/s1. The molecule has 0 aromatic heterocycles. The maximum atomic E-state index is 4.47. The Morgan fingerprint density at radius 3 is 2.16 bits per heavy atom. The fourth-order valence-corrected chi connectivity index (χ4v) is 4.55. The zero-order chi connectivity index (χ0) is 19.1. The third kappa shape index (κ3) is 7.55. The molecule has 0 nitrogen and oxygen atoms in total. The van der Waals surface area contributed by atoms with E-state index < -0.39 is 0 Å². The molecule has 2 unspecified atom stereocenters. The molecule has 0 aliphatic heterocycles. The van der Waals surface area contributed by atoms with Crippen LogP contribution in [0.3, 0.4) is 0 Å². The lowest BCUT2D eigenvalue weighted by Gasteiger charge is -2.26. The van der Waals surface area contributed by atoms with Crippen LogP contribution >= 0.6 is 0 Å². The highest BCUT2D eigenvalue weighted by Crippen LogP contribution is 2.42. The molecule has 0 heteroatoms. The van der Waals surface area contributed by atoms with Crippen molar-refractivity contribution in [2.75, 3.05) is 0 Å². The smallest absolute Gasteiger partial charge is 0.0111 e. The fraction of sp³-hybridized carbons (Fsp3) is 0.760. The summed E-state index contributed by atoms with van der Waals surface area (Å²) in [6, 6.07) is 0. The molecule has 25 heavy (non-hydrogen) atoms. The molecule has 0 aromatic carbocycles. The average Bonchev–Trinajstić information content (AvgIpc) is 2.86. The van der Waals surface area contributed by atoms with Gasteiger partial charge in [0, 0.05) is 0 Å². The van der Waals surface area contributed by atoms with Crippen LogP contribution in [-0.4, -0.2) is 0 Å². The van der Waals surface area contributed by atoms with E-state index in [4.69, 9.17) is 0 Å². The lowest BCUT2D eigenvalue weighted by molar-refractivity contribution is 0.339. The second-order valence-corrected chi connectivity index (χ2v) is 9.76. The van der Waals surface area contributed by atoms with E-state index in [1.54, 1.807) is 0 Å². The van der Waals surface area contributed by atoms with Crippen LogP contribution in [-0.2, 0) is 0 Å². The zero-order valence-electron chi connectivity index (χ0n) is 18.0. The second kappa shape index (κ2) is 10.4. The van der Waals surface area contributed by atoms with E-state index in [0.29, 0.717) is 11.8 Å². The summed E-state index contributed by atoms with van der Waals surface area (Å²) in [5.41, 5.74) is 4.29. The van der Waals surface area contributed by atoms with Gasteiger partial charge < -0.3 is 0 Å². The van der Waals surface area contributed by atoms with Crippen molar-refractivity contribution in [2.24, 2.45) is 35.5 Å². The van der Waals surface area contributed by atoms with E-state index in [9.17, 15) is 0 Å². The summed E-state index contributed by atoms with van der Waals surface area (Å²) >= 11 is 0. The molecule has 0 heterocycles. The molecule has 0 N–H and O–H groups in total. The highest BCUT2D eigenvalue weighted by molar-refractivity contribution is 5.14. The molecule has 0 amide bonds. The summed E-state index contributed by atoms with van der Waals surface area (Å²) in [5.74, 6) is 4.42. The lowest BCUT2D eigenvalue weighted by Crippen LogP contribution is -2.14. The Hall–Kier alpha value is -0.780. The topological polar surface area (TPSA) is 0 Å². The van der Waals surface area contributed by atoms with Crippen LogP contribution in [0.2, 0.25) is 0 Å². The van der Waals surface area contributed by atoms with Crippen molar-refractivity contribution < 1.29 is 0 Å². The molecule has 0 spiro atoms. The van der Waals surface area contributed by atoms with Crippen molar-refractivity contribution in [2.45, 2.75) is 86.5 Å². The van der Waals surface area contributed by atoms with E-state index in [1.807, 2.05) is 0 Å². The van der Waals surface area contributed by atoms with Crippen molar-refractivity contribution in [1.82, 2.24) is 0 Å². The molecule has 1 aliphatic carbocycles. The normalized spacial score (nSPS) is 22.2. The Kier molecular flexibility index (Phi) is 9.25. The van der Waals surface area contributed by atoms with Gasteiger partial charge in [0.25, 0.3) is 0 Å². The van der Waals surface area contributed by atoms with Gasteiger partial charge in [-0.15, -0.1) is 0 Å². The first-order valence-electron chi connectivity index (χ1n) is 10.6. The Morgan fingerprint density at radius 1 is 1.04 bits per heavy atom. The molecule has 1 rings (SSSR count). The van der Waals surface area contributed by atoms with Gasteiger partial charge in [-0.1, -0.05) is 78.0 Å². The minimum absolute atomic E-state index is 0.641. The molecule has 1 saturated carbocycles. The molecule has 1 aliphatic rings. The van der Waals surface area contributed by atoms with Gasteiger partial charge >= 0.3 is 0 Å². The third-order valence-electron chi connectivity index (χ3n) is 6.23. The van der Waals surface area contributed by atoms with Gasteiger partial charge in [0.1, 0.15) is 0 Å². The van der Waals surface area contributed by atoms with Crippen LogP contribution in [0.5, 0.6) is 0 Å². The van der Waals surface area contributed by atoms with Gasteiger partial charge in [0.05, 0.1) is 0 Å². The van der Waals surface area contributed by atoms with E-state index >= 15 is 0 Å². The largest absolute Gasteiger partial charge is 0.0996 e. The summed E-state index contributed by atoms with van der Waals surface area (Å²) in [5, 5.41) is 0. The number of allylic oxidation sites excluding steroid dienone is 3. The molecular weight excluding hydrogens is 300 g/mol. The van der Waals surface area contributed by atoms with E-state index in [0.717, 1.165) is 36.5 Å². The Morgan fingerprint density at radius 2 is 1.68 bits per heavy atom. The van der Waals surface area contributed by atoms with E-state index in [2.05, 4.69) is 61.3 Å². The summed E-state index contributed by atoms with van der Waals surface area (Å²) < 4.78 is 0. The highest BCUT2D eigenvalue weighted by Gasteiger charge is 2.30. The maximum absolute atomic E-state index is 4.47. The van der Waals surface area contributed by atoms with Crippen molar-refractivity contribution >= 4 is 0 Å². The monoisotopic (exact) mass is 344 g/mol. The molecule has 3 atom stereocenters. The molecule has 0 radical (unpaired) electrons. The third-order valence-corrected chi connectivity index (χ3v) is 6.23. The first-order chi connectivity index (χ1) is 11.6. The van der Waals surface area contributed by atoms with Gasteiger partial charge in [0.15, 0.2) is 0 Å². The van der Waals surface area contributed by atoms with Crippen LogP contribution in [0.15, 0.2) is 36.5 Å². The minimum Gasteiger partial charge on any atom is -0.0996 e. The lowest BCUT2D eigenvalue weighted by atomic mass is 9.80. The van der Waals surface area contributed by atoms with Gasteiger partial charge in [0.2, 0.25) is 0 Å². The van der Waals surface area contributed by atoms with Gasteiger partial charge in [-0.25, -0.2) is 0 Å². The van der Waals surface area contributed by atoms with Gasteiger partial charge in [-0.2, -0.15) is 0 Å². The highest BCUT2D eigenvalue weighted by atomic mass is 14.4. The Labute approximate surface area is 158 Å². The van der Waals surface area contributed by atoms with Crippen molar-refractivity contribution in [1.29, 1.82) is 0 Å². The summed E-state index contributed by atoms with van der Waals surface area (Å²) in [4.78, 5) is 0. The SMILES string of the molecule is C=C(CCC(C)C)CC(=C)C(CCC1CC(=C)[C@H](C(C)C)C1)C(C)C. The van der Waals surface area contributed by atoms with Crippen LogP contribution in [0.25, 0.3) is 0 Å². The molecule has 1 fully saturated rings. The van der Waals surface area contributed by atoms with Crippen LogP contribution in [0.4, 0.5) is 0 Å². The van der Waals surface area contributed by atoms with E-state index in [1.165, 1.54) is 48.8 Å². The molecular formula is C25H44.